The topological polar surface area (TPSA) is 78.4 Å². The molecule has 2 aliphatic rings. The molecule has 2 fully saturated rings. The third kappa shape index (κ3) is 4.11. The van der Waals surface area contributed by atoms with Gasteiger partial charge in [-0.1, -0.05) is 0 Å². The molecule has 0 unspecified atom stereocenters. The zero-order valence-corrected chi connectivity index (χ0v) is 18.0. The van der Waals surface area contributed by atoms with E-state index in [-0.39, 0.29) is 0 Å². The first-order chi connectivity index (χ1) is 14.8. The van der Waals surface area contributed by atoms with Crippen molar-refractivity contribution in [2.24, 2.45) is 0 Å². The molecule has 5 heterocycles. The molecule has 0 radical (unpaired) electrons. The van der Waals surface area contributed by atoms with Crippen LogP contribution in [-0.2, 0) is 11.3 Å². The molecular weight excluding hydrogens is 398 g/mol. The van der Waals surface area contributed by atoms with Gasteiger partial charge in [-0.2, -0.15) is 0 Å². The SMILES string of the molecule is CNc1ccc(-c2nc(N3CCOCC3)c3cc(CN4CCNCC4)sc3n2)cn1. The van der Waals surface area contributed by atoms with Gasteiger partial charge in [0.2, 0.25) is 0 Å². The van der Waals surface area contributed by atoms with Crippen LogP contribution in [0.2, 0.25) is 0 Å². The molecule has 8 nitrogen and oxygen atoms in total. The third-order valence-corrected chi connectivity index (χ3v) is 6.61. The number of aromatic nitrogens is 3. The number of anilines is 2. The van der Waals surface area contributed by atoms with E-state index in [0.29, 0.717) is 0 Å². The second kappa shape index (κ2) is 8.81. The van der Waals surface area contributed by atoms with Crippen molar-refractivity contribution in [1.29, 1.82) is 0 Å². The summed E-state index contributed by atoms with van der Waals surface area (Å²) in [5.41, 5.74) is 0.933. The molecule has 0 aromatic carbocycles. The van der Waals surface area contributed by atoms with E-state index < -0.39 is 0 Å². The normalized spacial score (nSPS) is 18.1. The average Bonchev–Trinajstić information content (AvgIpc) is 3.22. The number of morpholine rings is 1. The van der Waals surface area contributed by atoms with E-state index in [4.69, 9.17) is 14.7 Å². The van der Waals surface area contributed by atoms with Gasteiger partial charge in [0.15, 0.2) is 5.82 Å². The molecule has 2 saturated heterocycles. The number of nitrogens with zero attached hydrogens (tertiary/aromatic N) is 5. The van der Waals surface area contributed by atoms with Crippen molar-refractivity contribution in [2.75, 3.05) is 69.7 Å². The molecule has 5 rings (SSSR count). The Bertz CT molecular complexity index is 995. The molecule has 0 saturated carbocycles. The number of thiophene rings is 1. The second-order valence-electron chi connectivity index (χ2n) is 7.61. The van der Waals surface area contributed by atoms with E-state index in [1.54, 1.807) is 11.3 Å². The molecule has 2 aliphatic heterocycles. The minimum absolute atomic E-state index is 0.731. The van der Waals surface area contributed by atoms with Crippen molar-refractivity contribution >= 4 is 33.2 Å². The zero-order chi connectivity index (χ0) is 20.3. The lowest BCUT2D eigenvalue weighted by Gasteiger charge is -2.28. The monoisotopic (exact) mass is 425 g/mol. The summed E-state index contributed by atoms with van der Waals surface area (Å²) in [5.74, 6) is 2.58. The number of hydrogen-bond acceptors (Lipinski definition) is 9. The quantitative estimate of drug-likeness (QED) is 0.643. The highest BCUT2D eigenvalue weighted by Crippen LogP contribution is 2.34. The zero-order valence-electron chi connectivity index (χ0n) is 17.2. The van der Waals surface area contributed by atoms with Crippen LogP contribution in [0.5, 0.6) is 0 Å². The Kier molecular flexibility index (Phi) is 5.76. The van der Waals surface area contributed by atoms with Gasteiger partial charge in [0.25, 0.3) is 0 Å². The Balaban J connectivity index is 1.53. The summed E-state index contributed by atoms with van der Waals surface area (Å²) < 4.78 is 5.57. The van der Waals surface area contributed by atoms with Crippen molar-refractivity contribution in [3.63, 3.8) is 0 Å². The Morgan fingerprint density at radius 2 is 1.97 bits per heavy atom. The van der Waals surface area contributed by atoms with Crippen LogP contribution in [0.1, 0.15) is 4.88 Å². The number of hydrogen-bond donors (Lipinski definition) is 2. The lowest BCUT2D eigenvalue weighted by Crippen LogP contribution is -2.42. The molecule has 3 aromatic heterocycles. The average molecular weight is 426 g/mol. The minimum atomic E-state index is 0.731. The van der Waals surface area contributed by atoms with Crippen LogP contribution in [0.4, 0.5) is 11.6 Å². The molecule has 0 amide bonds. The number of fused-ring (bicyclic) bond motifs is 1. The molecule has 158 valence electrons. The molecule has 0 bridgehead atoms. The van der Waals surface area contributed by atoms with Gasteiger partial charge in [0.1, 0.15) is 16.5 Å². The molecule has 0 aliphatic carbocycles. The lowest BCUT2D eigenvalue weighted by atomic mass is 10.2. The van der Waals surface area contributed by atoms with Crippen molar-refractivity contribution < 1.29 is 4.74 Å². The molecule has 2 N–H and O–H groups in total. The smallest absolute Gasteiger partial charge is 0.164 e. The standard InChI is InChI=1S/C21H27N7OS/c1-22-18-3-2-15(13-24-18)19-25-20(28-8-10-29-11-9-28)17-12-16(30-21(17)26-19)14-27-6-4-23-5-7-27/h2-3,12-13,23H,4-11,14H2,1H3,(H,22,24). The van der Waals surface area contributed by atoms with Gasteiger partial charge in [-0.05, 0) is 18.2 Å². The van der Waals surface area contributed by atoms with Gasteiger partial charge in [0.05, 0.1) is 18.6 Å². The van der Waals surface area contributed by atoms with Crippen LogP contribution in [0.15, 0.2) is 24.4 Å². The fourth-order valence-electron chi connectivity index (χ4n) is 3.94. The summed E-state index contributed by atoms with van der Waals surface area (Å²) in [5, 5.41) is 7.63. The first kappa shape index (κ1) is 19.6. The van der Waals surface area contributed by atoms with Gasteiger partial charge in [0, 0.05) is 69.5 Å². The summed E-state index contributed by atoms with van der Waals surface area (Å²) in [6.07, 6.45) is 1.84. The summed E-state index contributed by atoms with van der Waals surface area (Å²) in [4.78, 5) is 21.6. The fraction of sp³-hybridized carbons (Fsp3) is 0.476. The molecule has 0 atom stereocenters. The van der Waals surface area contributed by atoms with E-state index in [1.807, 2.05) is 25.4 Å². The first-order valence-electron chi connectivity index (χ1n) is 10.5. The van der Waals surface area contributed by atoms with Crippen molar-refractivity contribution in [1.82, 2.24) is 25.2 Å². The lowest BCUT2D eigenvalue weighted by molar-refractivity contribution is 0.122. The Labute approximate surface area is 180 Å². The van der Waals surface area contributed by atoms with E-state index in [1.165, 1.54) is 4.88 Å². The molecule has 9 heteroatoms. The summed E-state index contributed by atoms with van der Waals surface area (Å²) >= 11 is 1.78. The second-order valence-corrected chi connectivity index (χ2v) is 8.73. The van der Waals surface area contributed by atoms with Crippen molar-refractivity contribution in [3.8, 4) is 11.4 Å². The van der Waals surface area contributed by atoms with Crippen LogP contribution in [0.25, 0.3) is 21.6 Å². The molecule has 0 spiro atoms. The van der Waals surface area contributed by atoms with Crippen LogP contribution in [0, 0.1) is 0 Å². The maximum absolute atomic E-state index is 5.57. The van der Waals surface area contributed by atoms with Gasteiger partial charge in [-0.25, -0.2) is 15.0 Å². The Hall–Kier alpha value is -2.33. The maximum atomic E-state index is 5.57. The van der Waals surface area contributed by atoms with E-state index >= 15 is 0 Å². The minimum Gasteiger partial charge on any atom is -0.378 e. The summed E-state index contributed by atoms with van der Waals surface area (Å²) in [7, 11) is 1.87. The van der Waals surface area contributed by atoms with E-state index in [0.717, 1.165) is 92.3 Å². The van der Waals surface area contributed by atoms with Crippen LogP contribution >= 0.6 is 11.3 Å². The Morgan fingerprint density at radius 1 is 1.13 bits per heavy atom. The van der Waals surface area contributed by atoms with Gasteiger partial charge in [-0.3, -0.25) is 4.90 Å². The number of ether oxygens (including phenoxy) is 1. The number of nitrogens with one attached hydrogen (secondary N) is 2. The molecule has 3 aromatic rings. The summed E-state index contributed by atoms with van der Waals surface area (Å²) in [6.45, 7) is 8.44. The maximum Gasteiger partial charge on any atom is 0.164 e. The largest absolute Gasteiger partial charge is 0.378 e. The van der Waals surface area contributed by atoms with Gasteiger partial charge < -0.3 is 20.3 Å². The highest BCUT2D eigenvalue weighted by Gasteiger charge is 2.21. The number of piperazine rings is 1. The van der Waals surface area contributed by atoms with Gasteiger partial charge >= 0.3 is 0 Å². The van der Waals surface area contributed by atoms with Crippen LogP contribution in [0.3, 0.4) is 0 Å². The summed E-state index contributed by atoms with van der Waals surface area (Å²) in [6, 6.07) is 6.28. The first-order valence-corrected chi connectivity index (χ1v) is 11.3. The third-order valence-electron chi connectivity index (χ3n) is 5.60. The predicted molar refractivity (Wildman–Crippen MR) is 121 cm³/mol. The molecule has 30 heavy (non-hydrogen) atoms. The molecular formula is C21H27N7OS. The number of rotatable bonds is 5. The fourth-order valence-corrected chi connectivity index (χ4v) is 5.01. The van der Waals surface area contributed by atoms with Crippen LogP contribution in [-0.4, -0.2) is 79.4 Å². The Morgan fingerprint density at radius 3 is 2.70 bits per heavy atom. The van der Waals surface area contributed by atoms with E-state index in [2.05, 4.69) is 31.5 Å². The predicted octanol–water partition coefficient (Wildman–Crippen LogP) is 2.04. The van der Waals surface area contributed by atoms with Crippen molar-refractivity contribution in [2.45, 2.75) is 6.54 Å². The number of pyridine rings is 1. The van der Waals surface area contributed by atoms with Crippen molar-refractivity contribution in [3.05, 3.63) is 29.3 Å². The highest BCUT2D eigenvalue weighted by atomic mass is 32.1. The van der Waals surface area contributed by atoms with Gasteiger partial charge in [-0.15, -0.1) is 11.3 Å². The highest BCUT2D eigenvalue weighted by molar-refractivity contribution is 7.18. The van der Waals surface area contributed by atoms with Crippen LogP contribution < -0.4 is 15.5 Å². The van der Waals surface area contributed by atoms with E-state index in [9.17, 15) is 0 Å².